The third-order valence-corrected chi connectivity index (χ3v) is 5.19. The molecular formula is C22H17F3N4O3. The minimum atomic E-state index is -4.49. The Morgan fingerprint density at radius 2 is 1.84 bits per heavy atom. The Labute approximate surface area is 180 Å². The van der Waals surface area contributed by atoms with Crippen molar-refractivity contribution in [3.8, 4) is 34.7 Å². The van der Waals surface area contributed by atoms with Crippen LogP contribution in [0.1, 0.15) is 22.6 Å². The van der Waals surface area contributed by atoms with Crippen molar-refractivity contribution in [2.45, 2.75) is 12.1 Å². The van der Waals surface area contributed by atoms with E-state index in [0.717, 1.165) is 12.1 Å². The quantitative estimate of drug-likeness (QED) is 0.623. The lowest BCUT2D eigenvalue weighted by Gasteiger charge is -2.24. The summed E-state index contributed by atoms with van der Waals surface area (Å²) in [6.45, 7) is 0. The molecule has 3 N–H and O–H groups in total. The lowest BCUT2D eigenvalue weighted by atomic mass is 9.82. The van der Waals surface area contributed by atoms with Crippen LogP contribution >= 0.6 is 0 Å². The number of allylic oxidation sites excluding steroid dienone is 1. The summed E-state index contributed by atoms with van der Waals surface area (Å²) in [5.74, 6) is 0.175. The molecule has 0 radical (unpaired) electrons. The molecule has 1 aromatic heterocycles. The number of nitrogens with zero attached hydrogens (tertiary/aromatic N) is 2. The van der Waals surface area contributed by atoms with Gasteiger partial charge in [-0.2, -0.15) is 18.4 Å². The van der Waals surface area contributed by atoms with Gasteiger partial charge in [-0.3, -0.25) is 5.10 Å². The summed E-state index contributed by atoms with van der Waals surface area (Å²) in [4.78, 5) is 0. The van der Waals surface area contributed by atoms with Gasteiger partial charge in [-0.05, 0) is 35.9 Å². The first kappa shape index (κ1) is 21.1. The number of alkyl halides is 3. The summed E-state index contributed by atoms with van der Waals surface area (Å²) < 4.78 is 55.5. The molecule has 4 rings (SSSR count). The van der Waals surface area contributed by atoms with E-state index in [9.17, 15) is 18.4 Å². The Bertz CT molecular complexity index is 1240. The summed E-state index contributed by atoms with van der Waals surface area (Å²) in [5.41, 5.74) is 7.09. The second-order valence-electron chi connectivity index (χ2n) is 6.93. The highest BCUT2D eigenvalue weighted by atomic mass is 19.4. The van der Waals surface area contributed by atoms with Crippen molar-refractivity contribution in [1.82, 2.24) is 10.2 Å². The molecule has 0 saturated carbocycles. The molecule has 164 valence electrons. The molecule has 2 heterocycles. The van der Waals surface area contributed by atoms with Gasteiger partial charge < -0.3 is 19.9 Å². The van der Waals surface area contributed by atoms with Crippen LogP contribution in [0.15, 0.2) is 53.9 Å². The first-order valence-electron chi connectivity index (χ1n) is 9.33. The number of ether oxygens (including phenoxy) is 3. The molecule has 0 saturated heterocycles. The molecule has 1 aliphatic heterocycles. The minimum Gasteiger partial charge on any atom is -0.497 e. The van der Waals surface area contributed by atoms with Gasteiger partial charge in [0.1, 0.15) is 23.1 Å². The van der Waals surface area contributed by atoms with Crippen LogP contribution < -0.4 is 19.9 Å². The van der Waals surface area contributed by atoms with E-state index < -0.39 is 17.7 Å². The van der Waals surface area contributed by atoms with Gasteiger partial charge in [-0.15, -0.1) is 5.10 Å². The number of aromatic nitrogens is 2. The Balaban J connectivity index is 1.93. The predicted molar refractivity (Wildman–Crippen MR) is 108 cm³/mol. The average molecular weight is 442 g/mol. The highest BCUT2D eigenvalue weighted by molar-refractivity contribution is 5.76. The fourth-order valence-corrected chi connectivity index (χ4v) is 3.66. The van der Waals surface area contributed by atoms with Crippen molar-refractivity contribution in [2.24, 2.45) is 5.73 Å². The number of nitrogens with two attached hydrogens (primary N) is 1. The normalized spacial score (nSPS) is 15.6. The zero-order chi connectivity index (χ0) is 23.0. The van der Waals surface area contributed by atoms with Gasteiger partial charge in [0.15, 0.2) is 0 Å². The van der Waals surface area contributed by atoms with Gasteiger partial charge in [0.2, 0.25) is 11.8 Å². The first-order chi connectivity index (χ1) is 15.3. The van der Waals surface area contributed by atoms with Gasteiger partial charge in [0.05, 0.1) is 37.0 Å². The van der Waals surface area contributed by atoms with Gasteiger partial charge >= 0.3 is 6.18 Å². The maximum atomic E-state index is 13.1. The highest BCUT2D eigenvalue weighted by Crippen LogP contribution is 2.48. The lowest BCUT2D eigenvalue weighted by molar-refractivity contribution is -0.137. The van der Waals surface area contributed by atoms with E-state index in [1.807, 2.05) is 6.07 Å². The number of benzene rings is 2. The summed E-state index contributed by atoms with van der Waals surface area (Å²) >= 11 is 0. The Hall–Kier alpha value is -4.13. The Kier molecular flexibility index (Phi) is 5.18. The van der Waals surface area contributed by atoms with E-state index in [1.165, 1.54) is 26.4 Å². The van der Waals surface area contributed by atoms with E-state index in [0.29, 0.717) is 33.9 Å². The zero-order valence-electron chi connectivity index (χ0n) is 16.9. The van der Waals surface area contributed by atoms with Crippen LogP contribution in [0.25, 0.3) is 11.3 Å². The number of halogens is 3. The van der Waals surface area contributed by atoms with Crippen molar-refractivity contribution < 1.29 is 27.4 Å². The molecule has 0 unspecified atom stereocenters. The van der Waals surface area contributed by atoms with Gasteiger partial charge in [0, 0.05) is 5.56 Å². The van der Waals surface area contributed by atoms with Crippen LogP contribution in [0.2, 0.25) is 0 Å². The number of nitrogens with one attached hydrogen (secondary N) is 1. The summed E-state index contributed by atoms with van der Waals surface area (Å²) in [6.07, 6.45) is -4.49. The molecular weight excluding hydrogens is 425 g/mol. The maximum Gasteiger partial charge on any atom is 0.416 e. The van der Waals surface area contributed by atoms with Gasteiger partial charge in [-0.25, -0.2) is 0 Å². The number of hydrogen-bond donors (Lipinski definition) is 2. The first-order valence-corrected chi connectivity index (χ1v) is 9.33. The molecule has 32 heavy (non-hydrogen) atoms. The molecule has 7 nitrogen and oxygen atoms in total. The molecule has 0 amide bonds. The molecule has 0 bridgehead atoms. The van der Waals surface area contributed by atoms with Crippen LogP contribution in [-0.2, 0) is 6.18 Å². The molecule has 1 aliphatic rings. The van der Waals surface area contributed by atoms with Crippen molar-refractivity contribution >= 4 is 0 Å². The standard InChI is InChI=1S/C22H17F3N4O3/c1-30-13-7-8-16(31-2)14(9-13)19-18-17(11-3-5-12(6-4-11)22(23,24)25)15(10-26)20(27)32-21(18)29-28-19/h3-9,17H,27H2,1-2H3,(H,28,29)/t17-/m0/s1. The van der Waals surface area contributed by atoms with Crippen molar-refractivity contribution in [1.29, 1.82) is 5.26 Å². The van der Waals surface area contributed by atoms with Crippen LogP contribution in [0.5, 0.6) is 17.4 Å². The average Bonchev–Trinajstić information content (AvgIpc) is 3.20. The highest BCUT2D eigenvalue weighted by Gasteiger charge is 2.37. The topological polar surface area (TPSA) is 106 Å². The van der Waals surface area contributed by atoms with E-state index in [4.69, 9.17) is 19.9 Å². The van der Waals surface area contributed by atoms with Gasteiger partial charge in [-0.1, -0.05) is 12.1 Å². The Morgan fingerprint density at radius 1 is 1.12 bits per heavy atom. The van der Waals surface area contributed by atoms with E-state index in [2.05, 4.69) is 10.2 Å². The largest absolute Gasteiger partial charge is 0.497 e. The summed E-state index contributed by atoms with van der Waals surface area (Å²) in [5, 5.41) is 16.8. The molecule has 3 aromatic rings. The lowest BCUT2D eigenvalue weighted by Crippen LogP contribution is -2.21. The van der Waals surface area contributed by atoms with E-state index in [-0.39, 0.29) is 17.3 Å². The van der Waals surface area contributed by atoms with Crippen molar-refractivity contribution in [3.63, 3.8) is 0 Å². The molecule has 0 fully saturated rings. The predicted octanol–water partition coefficient (Wildman–Crippen LogP) is 4.33. The smallest absolute Gasteiger partial charge is 0.416 e. The van der Waals surface area contributed by atoms with Crippen molar-refractivity contribution in [3.05, 3.63) is 70.6 Å². The number of methoxy groups -OCH3 is 2. The maximum absolute atomic E-state index is 13.1. The second-order valence-corrected chi connectivity index (χ2v) is 6.93. The fourth-order valence-electron chi connectivity index (χ4n) is 3.66. The van der Waals surface area contributed by atoms with E-state index in [1.54, 1.807) is 18.2 Å². The number of fused-ring (bicyclic) bond motifs is 1. The van der Waals surface area contributed by atoms with Crippen LogP contribution in [0.4, 0.5) is 13.2 Å². The second kappa shape index (κ2) is 7.85. The molecule has 1 atom stereocenters. The van der Waals surface area contributed by atoms with Gasteiger partial charge in [0.25, 0.3) is 0 Å². The fraction of sp³-hybridized carbons (Fsp3) is 0.182. The molecule has 2 aromatic carbocycles. The zero-order valence-corrected chi connectivity index (χ0v) is 16.9. The third kappa shape index (κ3) is 3.47. The number of aromatic amines is 1. The third-order valence-electron chi connectivity index (χ3n) is 5.19. The molecule has 0 spiro atoms. The SMILES string of the molecule is COc1ccc(OC)c(-c2[nH]nc3c2[C@@H](c2ccc(C(F)(F)F)cc2)C(C#N)=C(N)O3)c1. The minimum absolute atomic E-state index is 0.0572. The monoisotopic (exact) mass is 442 g/mol. The van der Waals surface area contributed by atoms with E-state index >= 15 is 0 Å². The Morgan fingerprint density at radius 3 is 2.44 bits per heavy atom. The molecule has 0 aliphatic carbocycles. The molecule has 10 heteroatoms. The summed E-state index contributed by atoms with van der Waals surface area (Å²) in [7, 11) is 3.01. The van der Waals surface area contributed by atoms with Crippen molar-refractivity contribution in [2.75, 3.05) is 14.2 Å². The number of nitriles is 1. The van der Waals surface area contributed by atoms with Crippen LogP contribution in [0, 0.1) is 11.3 Å². The number of H-pyrrole nitrogens is 1. The summed E-state index contributed by atoms with van der Waals surface area (Å²) in [6, 6.07) is 11.7. The van der Waals surface area contributed by atoms with Crippen LogP contribution in [-0.4, -0.2) is 24.4 Å². The number of rotatable bonds is 4. The number of hydrogen-bond acceptors (Lipinski definition) is 6. The van der Waals surface area contributed by atoms with Crippen LogP contribution in [0.3, 0.4) is 0 Å².